The number of hydrogen-bond donors (Lipinski definition) is 2. The molecule has 28 heavy (non-hydrogen) atoms. The lowest BCUT2D eigenvalue weighted by atomic mass is 10.1. The van der Waals surface area contributed by atoms with Crippen LogP contribution in [-0.4, -0.2) is 10.9 Å². The number of hydrogen-bond acceptors (Lipinski definition) is 5. The number of aromatic nitrogens is 1. The van der Waals surface area contributed by atoms with Gasteiger partial charge in [0.05, 0.1) is 6.04 Å². The van der Waals surface area contributed by atoms with E-state index >= 15 is 0 Å². The largest absolute Gasteiger partial charge is 0.489 e. The Hall–Kier alpha value is -2.70. The van der Waals surface area contributed by atoms with Crippen molar-refractivity contribution in [2.45, 2.75) is 32.9 Å². The number of carbonyl (C=O) groups excluding carboxylic acids is 1. The van der Waals surface area contributed by atoms with Crippen LogP contribution in [0.4, 0.5) is 5.69 Å². The highest BCUT2D eigenvalue weighted by atomic mass is 32.1. The molecule has 0 spiro atoms. The van der Waals surface area contributed by atoms with Crippen LogP contribution in [0.3, 0.4) is 0 Å². The summed E-state index contributed by atoms with van der Waals surface area (Å²) >= 11 is 1.43. The molecule has 0 aliphatic heterocycles. The molecule has 5 nitrogen and oxygen atoms in total. The second-order valence-electron chi connectivity index (χ2n) is 7.06. The summed E-state index contributed by atoms with van der Waals surface area (Å²) in [5.74, 6) is 0.994. The number of anilines is 1. The van der Waals surface area contributed by atoms with Gasteiger partial charge in [-0.25, -0.2) is 4.98 Å². The molecule has 0 fully saturated rings. The Kier molecular flexibility index (Phi) is 6.79. The number of nitrogens with two attached hydrogens (primary N) is 1. The Balaban J connectivity index is 1.55. The first kappa shape index (κ1) is 20.0. The van der Waals surface area contributed by atoms with E-state index in [2.05, 4.69) is 24.1 Å². The standard InChI is InChI=1S/C22H25N3O2S/c1-15(2)12-19(23)22-25-20(14-28-22)21(26)24-17-8-10-18(11-9-17)27-13-16-6-4-3-5-7-16/h3-11,14-15,19H,12-13,23H2,1-2H3,(H,24,26). The first-order valence-corrected chi connectivity index (χ1v) is 10.2. The van der Waals surface area contributed by atoms with E-state index in [0.29, 0.717) is 23.9 Å². The summed E-state index contributed by atoms with van der Waals surface area (Å²) < 4.78 is 5.76. The third-order valence-corrected chi connectivity index (χ3v) is 5.13. The molecule has 0 radical (unpaired) electrons. The normalized spacial score (nSPS) is 12.0. The van der Waals surface area contributed by atoms with Gasteiger partial charge in [0.15, 0.2) is 0 Å². The molecular weight excluding hydrogens is 370 g/mol. The van der Waals surface area contributed by atoms with E-state index < -0.39 is 0 Å². The van der Waals surface area contributed by atoms with Crippen LogP contribution < -0.4 is 15.8 Å². The number of nitrogens with zero attached hydrogens (tertiary/aromatic N) is 1. The van der Waals surface area contributed by atoms with Crippen molar-refractivity contribution in [2.75, 3.05) is 5.32 Å². The van der Waals surface area contributed by atoms with E-state index in [1.165, 1.54) is 11.3 Å². The van der Waals surface area contributed by atoms with Gasteiger partial charge in [-0.2, -0.15) is 0 Å². The lowest BCUT2D eigenvalue weighted by Gasteiger charge is -2.10. The lowest BCUT2D eigenvalue weighted by molar-refractivity contribution is 0.102. The Morgan fingerprint density at radius 3 is 2.54 bits per heavy atom. The zero-order chi connectivity index (χ0) is 19.9. The van der Waals surface area contributed by atoms with E-state index in [0.717, 1.165) is 22.7 Å². The summed E-state index contributed by atoms with van der Waals surface area (Å²) in [5, 5.41) is 5.41. The number of ether oxygens (including phenoxy) is 1. The number of carbonyl (C=O) groups is 1. The molecule has 0 bridgehead atoms. The second-order valence-corrected chi connectivity index (χ2v) is 7.95. The van der Waals surface area contributed by atoms with Gasteiger partial charge in [0.2, 0.25) is 0 Å². The summed E-state index contributed by atoms with van der Waals surface area (Å²) in [6.45, 7) is 4.74. The second kappa shape index (κ2) is 9.48. The van der Waals surface area contributed by atoms with Gasteiger partial charge in [0.1, 0.15) is 23.1 Å². The van der Waals surface area contributed by atoms with Crippen molar-refractivity contribution in [3.05, 3.63) is 76.2 Å². The highest BCUT2D eigenvalue weighted by Gasteiger charge is 2.16. The van der Waals surface area contributed by atoms with Crippen molar-refractivity contribution in [3.63, 3.8) is 0 Å². The Morgan fingerprint density at radius 2 is 1.86 bits per heavy atom. The molecule has 6 heteroatoms. The number of nitrogens with one attached hydrogen (secondary N) is 1. The van der Waals surface area contributed by atoms with Gasteiger partial charge in [-0.1, -0.05) is 44.2 Å². The average Bonchev–Trinajstić information content (AvgIpc) is 3.18. The fraction of sp³-hybridized carbons (Fsp3) is 0.273. The topological polar surface area (TPSA) is 77.2 Å². The predicted molar refractivity (Wildman–Crippen MR) is 114 cm³/mol. The van der Waals surface area contributed by atoms with Gasteiger partial charge in [0.25, 0.3) is 5.91 Å². The highest BCUT2D eigenvalue weighted by molar-refractivity contribution is 7.09. The Labute approximate surface area is 169 Å². The van der Waals surface area contributed by atoms with Crippen LogP contribution in [-0.2, 0) is 6.61 Å². The molecule has 0 aliphatic carbocycles. The summed E-state index contributed by atoms with van der Waals surface area (Å²) in [7, 11) is 0. The molecule has 1 atom stereocenters. The maximum absolute atomic E-state index is 12.4. The number of rotatable bonds is 8. The predicted octanol–water partition coefficient (Wildman–Crippen LogP) is 5.02. The van der Waals surface area contributed by atoms with Gasteiger partial charge >= 0.3 is 0 Å². The molecule has 146 valence electrons. The van der Waals surface area contributed by atoms with Crippen molar-refractivity contribution in [2.24, 2.45) is 11.7 Å². The molecule has 0 saturated carbocycles. The van der Waals surface area contributed by atoms with Crippen molar-refractivity contribution in [1.29, 1.82) is 0 Å². The molecule has 3 rings (SSSR count). The van der Waals surface area contributed by atoms with Crippen LogP contribution in [0.2, 0.25) is 0 Å². The van der Waals surface area contributed by atoms with E-state index in [4.69, 9.17) is 10.5 Å². The smallest absolute Gasteiger partial charge is 0.275 e. The number of benzene rings is 2. The summed E-state index contributed by atoms with van der Waals surface area (Å²) in [5.41, 5.74) is 8.34. The zero-order valence-electron chi connectivity index (χ0n) is 16.1. The van der Waals surface area contributed by atoms with Gasteiger partial charge in [-0.3, -0.25) is 4.79 Å². The minimum absolute atomic E-state index is 0.132. The van der Waals surface area contributed by atoms with Crippen LogP contribution in [0.15, 0.2) is 60.0 Å². The van der Waals surface area contributed by atoms with Gasteiger partial charge in [-0.05, 0) is 42.2 Å². The minimum Gasteiger partial charge on any atom is -0.489 e. The molecule has 0 saturated heterocycles. The van der Waals surface area contributed by atoms with E-state index in [1.807, 2.05) is 54.6 Å². The van der Waals surface area contributed by atoms with Crippen LogP contribution in [0.25, 0.3) is 0 Å². The van der Waals surface area contributed by atoms with Crippen LogP contribution >= 0.6 is 11.3 Å². The summed E-state index contributed by atoms with van der Waals surface area (Å²) in [6.07, 6.45) is 0.846. The fourth-order valence-corrected chi connectivity index (χ4v) is 3.56. The lowest BCUT2D eigenvalue weighted by Crippen LogP contribution is -2.15. The molecule has 2 aromatic carbocycles. The average molecular weight is 396 g/mol. The third-order valence-electron chi connectivity index (χ3n) is 4.16. The van der Waals surface area contributed by atoms with Gasteiger partial charge in [0, 0.05) is 11.1 Å². The van der Waals surface area contributed by atoms with Crippen LogP contribution in [0.5, 0.6) is 5.75 Å². The SMILES string of the molecule is CC(C)CC(N)c1nc(C(=O)Nc2ccc(OCc3ccccc3)cc2)cs1. The van der Waals surface area contributed by atoms with Gasteiger partial charge in [-0.15, -0.1) is 11.3 Å². The van der Waals surface area contributed by atoms with E-state index in [1.54, 1.807) is 5.38 Å². The minimum atomic E-state index is -0.239. The van der Waals surface area contributed by atoms with E-state index in [9.17, 15) is 4.79 Å². The maximum Gasteiger partial charge on any atom is 0.275 e. The molecule has 1 aromatic heterocycles. The first-order valence-electron chi connectivity index (χ1n) is 9.30. The molecule has 1 heterocycles. The molecule has 0 aliphatic rings. The Morgan fingerprint density at radius 1 is 1.14 bits per heavy atom. The quantitative estimate of drug-likeness (QED) is 0.561. The molecule has 3 aromatic rings. The van der Waals surface area contributed by atoms with E-state index in [-0.39, 0.29) is 11.9 Å². The van der Waals surface area contributed by atoms with Crippen molar-refractivity contribution in [3.8, 4) is 5.75 Å². The van der Waals surface area contributed by atoms with Crippen molar-refractivity contribution >= 4 is 22.9 Å². The molecular formula is C22H25N3O2S. The zero-order valence-corrected chi connectivity index (χ0v) is 16.9. The summed E-state index contributed by atoms with van der Waals surface area (Å²) in [6, 6.07) is 17.2. The molecule has 3 N–H and O–H groups in total. The maximum atomic E-state index is 12.4. The number of amides is 1. The molecule has 1 unspecified atom stereocenters. The molecule has 1 amide bonds. The summed E-state index contributed by atoms with van der Waals surface area (Å²) in [4.78, 5) is 16.8. The highest BCUT2D eigenvalue weighted by Crippen LogP contribution is 2.23. The number of thiazole rings is 1. The third kappa shape index (κ3) is 5.65. The van der Waals surface area contributed by atoms with Crippen LogP contribution in [0, 0.1) is 5.92 Å². The monoisotopic (exact) mass is 395 g/mol. The van der Waals surface area contributed by atoms with Crippen LogP contribution in [0.1, 0.15) is 47.4 Å². The first-order chi connectivity index (χ1) is 13.5. The fourth-order valence-electron chi connectivity index (χ4n) is 2.74. The van der Waals surface area contributed by atoms with Crippen molar-refractivity contribution in [1.82, 2.24) is 4.98 Å². The van der Waals surface area contributed by atoms with Crippen molar-refractivity contribution < 1.29 is 9.53 Å². The van der Waals surface area contributed by atoms with Gasteiger partial charge < -0.3 is 15.8 Å². The Bertz CT molecular complexity index is 892.